The molecule has 0 N–H and O–H groups in total. The van der Waals surface area contributed by atoms with E-state index in [2.05, 4.69) is 19.8 Å². The molecule has 1 saturated heterocycles. The number of oxazole rings is 2. The highest BCUT2D eigenvalue weighted by Gasteiger charge is 2.20. The van der Waals surface area contributed by atoms with Crippen LogP contribution in [0.25, 0.3) is 22.2 Å². The molecule has 1 aliphatic rings. The Balaban J connectivity index is 1.19. The first-order valence-corrected chi connectivity index (χ1v) is 8.97. The average Bonchev–Trinajstić information content (AvgIpc) is 3.25. The van der Waals surface area contributed by atoms with Gasteiger partial charge in [0.15, 0.2) is 11.2 Å². The highest BCUT2D eigenvalue weighted by Crippen LogP contribution is 2.19. The number of fused-ring (bicyclic) bond motifs is 2. The van der Waals surface area contributed by atoms with Crippen molar-refractivity contribution in [2.75, 3.05) is 26.2 Å². The summed E-state index contributed by atoms with van der Waals surface area (Å²) in [6, 6.07) is 15.8. The number of hydrogen-bond donors (Lipinski definition) is 0. The van der Waals surface area contributed by atoms with Crippen molar-refractivity contribution in [1.29, 1.82) is 0 Å². The maximum absolute atomic E-state index is 5.84. The van der Waals surface area contributed by atoms with Gasteiger partial charge in [-0.05, 0) is 24.3 Å². The van der Waals surface area contributed by atoms with Crippen molar-refractivity contribution in [3.8, 4) is 0 Å². The third-order valence-corrected chi connectivity index (χ3v) is 4.86. The second-order valence-corrected chi connectivity index (χ2v) is 6.70. The first-order valence-electron chi connectivity index (χ1n) is 8.97. The van der Waals surface area contributed by atoms with Gasteiger partial charge in [0.2, 0.25) is 11.8 Å². The van der Waals surface area contributed by atoms with E-state index < -0.39 is 0 Å². The molecule has 4 aromatic rings. The average molecular weight is 348 g/mol. The van der Waals surface area contributed by atoms with Gasteiger partial charge in [-0.2, -0.15) is 0 Å². The van der Waals surface area contributed by atoms with Crippen molar-refractivity contribution in [3.05, 3.63) is 60.3 Å². The summed E-state index contributed by atoms with van der Waals surface area (Å²) in [6.07, 6.45) is 0. The first-order chi connectivity index (χ1) is 12.8. The Morgan fingerprint density at radius 3 is 1.50 bits per heavy atom. The molecule has 6 heteroatoms. The minimum Gasteiger partial charge on any atom is -0.439 e. The Hall–Kier alpha value is -2.70. The summed E-state index contributed by atoms with van der Waals surface area (Å²) >= 11 is 0. The van der Waals surface area contributed by atoms with Gasteiger partial charge in [0.25, 0.3) is 0 Å². The van der Waals surface area contributed by atoms with Crippen molar-refractivity contribution in [2.45, 2.75) is 13.1 Å². The Kier molecular flexibility index (Phi) is 3.92. The molecule has 0 unspecified atom stereocenters. The highest BCUT2D eigenvalue weighted by molar-refractivity contribution is 5.72. The smallest absolute Gasteiger partial charge is 0.209 e. The summed E-state index contributed by atoms with van der Waals surface area (Å²) in [5.41, 5.74) is 3.57. The van der Waals surface area contributed by atoms with E-state index in [4.69, 9.17) is 8.83 Å². The van der Waals surface area contributed by atoms with Gasteiger partial charge in [-0.25, -0.2) is 9.97 Å². The van der Waals surface area contributed by atoms with Crippen LogP contribution in [0.2, 0.25) is 0 Å². The summed E-state index contributed by atoms with van der Waals surface area (Å²) in [6.45, 7) is 5.45. The minimum absolute atomic E-state index is 0.755. The fourth-order valence-corrected chi connectivity index (χ4v) is 3.46. The Morgan fingerprint density at radius 1 is 0.654 bits per heavy atom. The molecule has 132 valence electrons. The monoisotopic (exact) mass is 348 g/mol. The second-order valence-electron chi connectivity index (χ2n) is 6.70. The molecule has 3 heterocycles. The van der Waals surface area contributed by atoms with Gasteiger partial charge in [-0.15, -0.1) is 0 Å². The molecule has 6 nitrogen and oxygen atoms in total. The van der Waals surface area contributed by atoms with E-state index in [9.17, 15) is 0 Å². The Bertz CT molecular complexity index is 880. The molecular formula is C20H20N4O2. The van der Waals surface area contributed by atoms with Gasteiger partial charge in [0, 0.05) is 26.2 Å². The zero-order valence-electron chi connectivity index (χ0n) is 14.5. The van der Waals surface area contributed by atoms with Crippen molar-refractivity contribution >= 4 is 22.2 Å². The molecule has 0 bridgehead atoms. The van der Waals surface area contributed by atoms with Gasteiger partial charge in [0.1, 0.15) is 11.0 Å². The number of nitrogens with zero attached hydrogens (tertiary/aromatic N) is 4. The fraction of sp³-hybridized carbons (Fsp3) is 0.300. The largest absolute Gasteiger partial charge is 0.439 e. The quantitative estimate of drug-likeness (QED) is 0.564. The van der Waals surface area contributed by atoms with Crippen LogP contribution in [0.3, 0.4) is 0 Å². The maximum Gasteiger partial charge on any atom is 0.209 e. The SMILES string of the molecule is c1ccc2oc(CN3CCN(Cc4nc5ccccc5o4)CC3)nc2c1. The second kappa shape index (κ2) is 6.55. The van der Waals surface area contributed by atoms with Crippen LogP contribution in [0, 0.1) is 0 Å². The lowest BCUT2D eigenvalue weighted by Gasteiger charge is -2.33. The van der Waals surface area contributed by atoms with Crippen LogP contribution in [0.15, 0.2) is 57.4 Å². The molecule has 0 atom stereocenters. The van der Waals surface area contributed by atoms with E-state index in [0.717, 1.165) is 73.2 Å². The third-order valence-electron chi connectivity index (χ3n) is 4.86. The maximum atomic E-state index is 5.84. The van der Waals surface area contributed by atoms with E-state index in [1.54, 1.807) is 0 Å². The van der Waals surface area contributed by atoms with Crippen LogP contribution >= 0.6 is 0 Å². The third kappa shape index (κ3) is 3.09. The Morgan fingerprint density at radius 2 is 1.08 bits per heavy atom. The number of hydrogen-bond acceptors (Lipinski definition) is 6. The molecule has 1 fully saturated rings. The van der Waals surface area contributed by atoms with Crippen molar-refractivity contribution in [1.82, 2.24) is 19.8 Å². The van der Waals surface area contributed by atoms with Crippen molar-refractivity contribution in [2.24, 2.45) is 0 Å². The normalized spacial score (nSPS) is 16.6. The molecule has 1 aliphatic heterocycles. The predicted octanol–water partition coefficient (Wildman–Crippen LogP) is 3.29. The van der Waals surface area contributed by atoms with Crippen LogP contribution in [0.1, 0.15) is 11.8 Å². The summed E-state index contributed by atoms with van der Waals surface area (Å²) < 4.78 is 11.7. The lowest BCUT2D eigenvalue weighted by Crippen LogP contribution is -2.45. The molecular weight excluding hydrogens is 328 g/mol. The number of aromatic nitrogens is 2. The molecule has 26 heavy (non-hydrogen) atoms. The lowest BCUT2D eigenvalue weighted by molar-refractivity contribution is 0.108. The molecule has 0 spiro atoms. The molecule has 0 aliphatic carbocycles. The van der Waals surface area contributed by atoms with E-state index in [1.165, 1.54) is 0 Å². The highest BCUT2D eigenvalue weighted by atomic mass is 16.4. The molecule has 5 rings (SSSR count). The van der Waals surface area contributed by atoms with Crippen LogP contribution in [-0.2, 0) is 13.1 Å². The number of benzene rings is 2. The van der Waals surface area contributed by atoms with E-state index in [1.807, 2.05) is 48.5 Å². The van der Waals surface area contributed by atoms with Crippen molar-refractivity contribution < 1.29 is 8.83 Å². The summed E-state index contributed by atoms with van der Waals surface area (Å²) in [5, 5.41) is 0. The topological polar surface area (TPSA) is 58.5 Å². The first kappa shape index (κ1) is 15.5. The van der Waals surface area contributed by atoms with E-state index in [-0.39, 0.29) is 0 Å². The molecule has 0 saturated carbocycles. The van der Waals surface area contributed by atoms with Gasteiger partial charge in [-0.1, -0.05) is 24.3 Å². The minimum atomic E-state index is 0.755. The van der Waals surface area contributed by atoms with Gasteiger partial charge >= 0.3 is 0 Å². The van der Waals surface area contributed by atoms with Crippen LogP contribution in [-0.4, -0.2) is 45.9 Å². The number of rotatable bonds is 4. The zero-order valence-corrected chi connectivity index (χ0v) is 14.5. The zero-order chi connectivity index (χ0) is 17.3. The molecule has 0 amide bonds. The molecule has 0 radical (unpaired) electrons. The molecule has 2 aromatic heterocycles. The van der Waals surface area contributed by atoms with Gasteiger partial charge < -0.3 is 8.83 Å². The molecule has 2 aromatic carbocycles. The summed E-state index contributed by atoms with van der Waals surface area (Å²) in [4.78, 5) is 13.9. The number of piperazine rings is 1. The van der Waals surface area contributed by atoms with Crippen molar-refractivity contribution in [3.63, 3.8) is 0 Å². The fourth-order valence-electron chi connectivity index (χ4n) is 3.46. The predicted molar refractivity (Wildman–Crippen MR) is 98.6 cm³/mol. The van der Waals surface area contributed by atoms with Crippen LogP contribution in [0.4, 0.5) is 0 Å². The van der Waals surface area contributed by atoms with E-state index in [0.29, 0.717) is 0 Å². The Labute approximate surface area is 151 Å². The van der Waals surface area contributed by atoms with Gasteiger partial charge in [0.05, 0.1) is 13.1 Å². The van der Waals surface area contributed by atoms with Crippen LogP contribution in [0.5, 0.6) is 0 Å². The summed E-state index contributed by atoms with van der Waals surface area (Å²) in [7, 11) is 0. The lowest BCUT2D eigenvalue weighted by atomic mass is 10.3. The number of para-hydroxylation sites is 4. The summed E-state index contributed by atoms with van der Waals surface area (Å²) in [5.74, 6) is 1.58. The van der Waals surface area contributed by atoms with Crippen LogP contribution < -0.4 is 0 Å². The standard InChI is InChI=1S/C20H20N4O2/c1-3-7-17-15(5-1)21-19(25-17)13-23-9-11-24(12-10-23)14-20-22-16-6-2-4-8-18(16)26-20/h1-8H,9-14H2. The van der Waals surface area contributed by atoms with E-state index >= 15 is 0 Å². The van der Waals surface area contributed by atoms with Gasteiger partial charge in [-0.3, -0.25) is 9.80 Å².